The lowest BCUT2D eigenvalue weighted by Crippen LogP contribution is -2.30. The zero-order chi connectivity index (χ0) is 57.1. The molecule has 0 aliphatic rings. The largest absolute Gasteiger partial charge is 0.462 e. The minimum Gasteiger partial charge on any atom is -0.462 e. The van der Waals surface area contributed by atoms with E-state index in [1.165, 1.54) is 148 Å². The Kier molecular flexibility index (Phi) is 62.8. The highest BCUT2D eigenvalue weighted by Gasteiger charge is 2.19. The van der Waals surface area contributed by atoms with Crippen LogP contribution in [0.2, 0.25) is 0 Å². The summed E-state index contributed by atoms with van der Waals surface area (Å²) in [4.78, 5) is 38.4. The van der Waals surface area contributed by atoms with Crippen LogP contribution in [0.25, 0.3) is 0 Å². The van der Waals surface area contributed by atoms with Crippen molar-refractivity contribution in [2.75, 3.05) is 13.2 Å². The quantitative estimate of drug-likeness (QED) is 0.0261. The maximum atomic E-state index is 12.9. The molecule has 0 spiro atoms. The molecule has 450 valence electrons. The number of hydrogen-bond donors (Lipinski definition) is 0. The van der Waals surface area contributed by atoms with Crippen molar-refractivity contribution >= 4 is 17.9 Å². The van der Waals surface area contributed by atoms with E-state index >= 15 is 0 Å². The molecule has 0 aromatic carbocycles. The van der Waals surface area contributed by atoms with Crippen LogP contribution in [0.3, 0.4) is 0 Å². The lowest BCUT2D eigenvalue weighted by Gasteiger charge is -2.18. The lowest BCUT2D eigenvalue weighted by atomic mass is 10.0. The predicted molar refractivity (Wildman–Crippen MR) is 343 cm³/mol. The van der Waals surface area contributed by atoms with Gasteiger partial charge in [0, 0.05) is 19.3 Å². The van der Waals surface area contributed by atoms with Crippen molar-refractivity contribution < 1.29 is 28.6 Å². The highest BCUT2D eigenvalue weighted by Crippen LogP contribution is 2.16. The Morgan fingerprint density at radius 1 is 0.266 bits per heavy atom. The van der Waals surface area contributed by atoms with Gasteiger partial charge in [-0.25, -0.2) is 0 Å². The van der Waals surface area contributed by atoms with Crippen molar-refractivity contribution in [1.82, 2.24) is 0 Å². The summed E-state index contributed by atoms with van der Waals surface area (Å²) in [5, 5.41) is 0. The Balaban J connectivity index is 4.44. The van der Waals surface area contributed by atoms with Gasteiger partial charge in [0.1, 0.15) is 13.2 Å². The topological polar surface area (TPSA) is 78.9 Å². The van der Waals surface area contributed by atoms with Crippen LogP contribution in [0.1, 0.15) is 303 Å². The fourth-order valence-corrected chi connectivity index (χ4v) is 9.05. The number of hydrogen-bond acceptors (Lipinski definition) is 6. The second kappa shape index (κ2) is 66.3. The summed E-state index contributed by atoms with van der Waals surface area (Å²) in [5.74, 6) is -0.964. The van der Waals surface area contributed by atoms with Crippen LogP contribution in [0.15, 0.2) is 122 Å². The number of unbranched alkanes of at least 4 members (excludes halogenated alkanes) is 28. The summed E-state index contributed by atoms with van der Waals surface area (Å²) < 4.78 is 16.9. The fourth-order valence-electron chi connectivity index (χ4n) is 9.05. The van der Waals surface area contributed by atoms with Gasteiger partial charge < -0.3 is 14.2 Å². The third-order valence-electron chi connectivity index (χ3n) is 13.9. The van der Waals surface area contributed by atoms with E-state index in [1.807, 2.05) is 0 Å². The van der Waals surface area contributed by atoms with Gasteiger partial charge in [-0.05, 0) is 122 Å². The molecule has 0 rings (SSSR count). The molecule has 79 heavy (non-hydrogen) atoms. The average Bonchev–Trinajstić information content (AvgIpc) is 3.45. The number of rotatable bonds is 59. The molecule has 0 aliphatic heterocycles. The van der Waals surface area contributed by atoms with E-state index in [4.69, 9.17) is 14.2 Å². The Bertz CT molecular complexity index is 1640. The van der Waals surface area contributed by atoms with E-state index in [-0.39, 0.29) is 37.5 Å². The van der Waals surface area contributed by atoms with Crippen LogP contribution in [-0.2, 0) is 28.6 Å². The first-order chi connectivity index (χ1) is 39.0. The van der Waals surface area contributed by atoms with Crippen molar-refractivity contribution in [2.45, 2.75) is 309 Å². The molecule has 0 bridgehead atoms. The smallest absolute Gasteiger partial charge is 0.306 e. The van der Waals surface area contributed by atoms with Gasteiger partial charge in [-0.1, -0.05) is 284 Å². The normalized spacial score (nSPS) is 12.9. The Labute approximate surface area is 488 Å². The van der Waals surface area contributed by atoms with Crippen molar-refractivity contribution in [3.63, 3.8) is 0 Å². The minimum atomic E-state index is -0.811. The van der Waals surface area contributed by atoms with Crippen LogP contribution < -0.4 is 0 Å². The summed E-state index contributed by atoms with van der Waals surface area (Å²) >= 11 is 0. The average molecular weight is 1100 g/mol. The molecule has 0 saturated carbocycles. The molecule has 0 aromatic rings. The molecule has 6 heteroatoms. The maximum absolute atomic E-state index is 12.9. The van der Waals surface area contributed by atoms with Gasteiger partial charge in [-0.15, -0.1) is 0 Å². The zero-order valence-corrected chi connectivity index (χ0v) is 51.6. The Morgan fingerprint density at radius 2 is 0.506 bits per heavy atom. The molecule has 0 amide bonds. The number of carbonyl (C=O) groups excluding carboxylic acids is 3. The first-order valence-electron chi connectivity index (χ1n) is 33.0. The van der Waals surface area contributed by atoms with Crippen molar-refractivity contribution in [1.29, 1.82) is 0 Å². The van der Waals surface area contributed by atoms with Crippen LogP contribution in [0, 0.1) is 0 Å². The van der Waals surface area contributed by atoms with Gasteiger partial charge in [0.15, 0.2) is 6.10 Å². The first kappa shape index (κ1) is 74.8. The summed E-state index contributed by atoms with van der Waals surface area (Å²) in [6, 6.07) is 0. The van der Waals surface area contributed by atoms with Gasteiger partial charge in [0.25, 0.3) is 0 Å². The second-order valence-electron chi connectivity index (χ2n) is 21.6. The molecule has 0 saturated heterocycles. The molecule has 0 aromatic heterocycles. The number of carbonyl (C=O) groups is 3. The van der Waals surface area contributed by atoms with Gasteiger partial charge in [0.2, 0.25) is 0 Å². The van der Waals surface area contributed by atoms with Gasteiger partial charge >= 0.3 is 17.9 Å². The highest BCUT2D eigenvalue weighted by molar-refractivity contribution is 5.71. The molecule has 0 N–H and O–H groups in total. The molecule has 0 radical (unpaired) electrons. The van der Waals surface area contributed by atoms with E-state index < -0.39 is 6.10 Å². The van der Waals surface area contributed by atoms with Crippen LogP contribution >= 0.6 is 0 Å². The second-order valence-corrected chi connectivity index (χ2v) is 21.6. The van der Waals surface area contributed by atoms with Crippen LogP contribution in [-0.4, -0.2) is 37.2 Å². The van der Waals surface area contributed by atoms with Crippen molar-refractivity contribution in [3.05, 3.63) is 122 Å². The summed E-state index contributed by atoms with van der Waals surface area (Å²) in [5.41, 5.74) is 0. The van der Waals surface area contributed by atoms with E-state index in [2.05, 4.69) is 142 Å². The molecule has 0 heterocycles. The van der Waals surface area contributed by atoms with Crippen molar-refractivity contribution in [2.24, 2.45) is 0 Å². The summed E-state index contributed by atoms with van der Waals surface area (Å²) in [7, 11) is 0. The third-order valence-corrected chi connectivity index (χ3v) is 13.9. The first-order valence-corrected chi connectivity index (χ1v) is 33.0. The van der Waals surface area contributed by atoms with E-state index in [1.54, 1.807) is 0 Å². The van der Waals surface area contributed by atoms with E-state index in [0.717, 1.165) is 109 Å². The molecule has 0 aliphatic carbocycles. The molecule has 1 unspecified atom stereocenters. The maximum Gasteiger partial charge on any atom is 0.306 e. The van der Waals surface area contributed by atoms with Gasteiger partial charge in [-0.3, -0.25) is 14.4 Å². The monoisotopic (exact) mass is 1090 g/mol. The lowest BCUT2D eigenvalue weighted by molar-refractivity contribution is -0.167. The Morgan fingerprint density at radius 3 is 0.835 bits per heavy atom. The molecular formula is C73H122O6. The standard InChI is InChI=1S/C73H122O6/c1-4-7-10-13-16-19-22-25-28-31-33-35-36-38-39-42-45-48-51-54-57-60-63-66-72(75)78-69-70(68-77-71(74)65-62-59-56-53-50-47-44-41-30-27-24-21-18-15-12-9-6-3)79-73(76)67-64-61-58-55-52-49-46-43-40-37-34-32-29-26-23-20-17-14-11-8-5-2/h8-9,11-12,17-18,20-21,26-27,29-31,33-34,37,44,47,53,56,70H,4-7,10,13-16,19,22-25,28,32,35-36,38-43,45-46,48-52,54-55,57-69H2,1-3H3/b11-8-,12-9-,20-17-,21-18-,29-26-,30-27-,33-31-,37-34-,47-44-,56-53-. The van der Waals surface area contributed by atoms with Crippen LogP contribution in [0.4, 0.5) is 0 Å². The summed E-state index contributed by atoms with van der Waals surface area (Å²) in [6.45, 7) is 6.38. The fraction of sp³-hybridized carbons (Fsp3) is 0.685. The third kappa shape index (κ3) is 64.5. The summed E-state index contributed by atoms with van der Waals surface area (Å²) in [6.07, 6.45) is 92.1. The highest BCUT2D eigenvalue weighted by atomic mass is 16.6. The minimum absolute atomic E-state index is 0.101. The molecular weight excluding hydrogens is 973 g/mol. The van der Waals surface area contributed by atoms with Gasteiger partial charge in [-0.2, -0.15) is 0 Å². The van der Waals surface area contributed by atoms with Gasteiger partial charge in [0.05, 0.1) is 0 Å². The predicted octanol–water partition coefficient (Wildman–Crippen LogP) is 22.8. The SMILES string of the molecule is CC/C=C\C/C=C\C/C=C\C/C=C\C/C=C\CCCC(=O)OCC(COC(=O)CCCCCCCCCCCCC/C=C\CCCCCCCCCC)OC(=O)CCCCCCCCCC/C=C\C/C=C\C/C=C\C/C=C\CC. The number of allylic oxidation sites excluding steroid dienone is 20. The molecule has 6 nitrogen and oxygen atoms in total. The van der Waals surface area contributed by atoms with Crippen LogP contribution in [0.5, 0.6) is 0 Å². The zero-order valence-electron chi connectivity index (χ0n) is 51.6. The van der Waals surface area contributed by atoms with E-state index in [0.29, 0.717) is 19.3 Å². The van der Waals surface area contributed by atoms with Crippen molar-refractivity contribution in [3.8, 4) is 0 Å². The Hall–Kier alpha value is -4.19. The number of esters is 3. The molecule has 1 atom stereocenters. The van der Waals surface area contributed by atoms with E-state index in [9.17, 15) is 14.4 Å². The molecule has 0 fully saturated rings. The number of ether oxygens (including phenoxy) is 3.